The molecule has 1 unspecified atom stereocenters. The summed E-state index contributed by atoms with van der Waals surface area (Å²) in [4.78, 5) is 14.1. The average molecular weight is 247 g/mol. The normalized spacial score (nSPS) is 12.8. The van der Waals surface area contributed by atoms with Crippen molar-refractivity contribution in [2.45, 2.75) is 25.9 Å². The number of carboxylic acids is 1. The number of aromatic amines is 1. The van der Waals surface area contributed by atoms with Crippen molar-refractivity contribution in [2.75, 3.05) is 0 Å². The summed E-state index contributed by atoms with van der Waals surface area (Å²) in [6.45, 7) is 2.39. The topological polar surface area (TPSA) is 105 Å². The first-order valence-corrected chi connectivity index (χ1v) is 5.81. The van der Waals surface area contributed by atoms with Crippen LogP contribution in [-0.4, -0.2) is 22.1 Å². The quantitative estimate of drug-likeness (QED) is 0.643. The molecular weight excluding hydrogens is 230 g/mol. The number of hydrogen-bond donors (Lipinski definition) is 4. The third kappa shape index (κ3) is 2.23. The summed E-state index contributed by atoms with van der Waals surface area (Å²) >= 11 is 0. The molecule has 0 radical (unpaired) electrons. The highest BCUT2D eigenvalue weighted by Gasteiger charge is 2.17. The molecule has 1 aromatic heterocycles. The smallest absolute Gasteiger partial charge is 0.320 e. The maximum absolute atomic E-state index is 10.8. The van der Waals surface area contributed by atoms with Crippen LogP contribution in [0.2, 0.25) is 0 Å². The van der Waals surface area contributed by atoms with Crippen LogP contribution in [0.4, 0.5) is 0 Å². The largest absolute Gasteiger partial charge is 0.480 e. The van der Waals surface area contributed by atoms with Crippen LogP contribution in [0, 0.1) is 6.92 Å². The van der Waals surface area contributed by atoms with Gasteiger partial charge in [0.2, 0.25) is 0 Å². The maximum Gasteiger partial charge on any atom is 0.320 e. The van der Waals surface area contributed by atoms with Gasteiger partial charge < -0.3 is 21.6 Å². The highest BCUT2D eigenvalue weighted by atomic mass is 16.4. The molecule has 0 saturated carbocycles. The SMILES string of the molecule is Cc1[nH]c2ccc(CN)cc2c1CC(N)C(=O)O. The second-order valence-corrected chi connectivity index (χ2v) is 4.46. The molecule has 5 nitrogen and oxygen atoms in total. The fraction of sp³-hybridized carbons (Fsp3) is 0.308. The number of carbonyl (C=O) groups is 1. The number of H-pyrrole nitrogens is 1. The molecule has 0 amide bonds. The number of rotatable bonds is 4. The van der Waals surface area contributed by atoms with E-state index in [4.69, 9.17) is 16.6 Å². The third-order valence-electron chi connectivity index (χ3n) is 3.16. The number of fused-ring (bicyclic) bond motifs is 1. The van der Waals surface area contributed by atoms with E-state index in [0.717, 1.165) is 27.7 Å². The lowest BCUT2D eigenvalue weighted by Gasteiger charge is -2.07. The van der Waals surface area contributed by atoms with Crippen molar-refractivity contribution < 1.29 is 9.90 Å². The third-order valence-corrected chi connectivity index (χ3v) is 3.16. The molecule has 6 N–H and O–H groups in total. The van der Waals surface area contributed by atoms with Crippen molar-refractivity contribution in [3.63, 3.8) is 0 Å². The van der Waals surface area contributed by atoms with E-state index in [1.54, 1.807) is 0 Å². The first kappa shape index (κ1) is 12.6. The van der Waals surface area contributed by atoms with E-state index in [1.807, 2.05) is 25.1 Å². The molecule has 0 aliphatic rings. The van der Waals surface area contributed by atoms with Gasteiger partial charge in [0.1, 0.15) is 6.04 Å². The lowest BCUT2D eigenvalue weighted by Crippen LogP contribution is -2.32. The first-order valence-electron chi connectivity index (χ1n) is 5.81. The Labute approximate surface area is 105 Å². The molecule has 18 heavy (non-hydrogen) atoms. The molecule has 0 bridgehead atoms. The van der Waals surface area contributed by atoms with Gasteiger partial charge in [-0.2, -0.15) is 0 Å². The van der Waals surface area contributed by atoms with E-state index >= 15 is 0 Å². The van der Waals surface area contributed by atoms with E-state index in [1.165, 1.54) is 0 Å². The van der Waals surface area contributed by atoms with Crippen LogP contribution in [-0.2, 0) is 17.8 Å². The van der Waals surface area contributed by atoms with Crippen molar-refractivity contribution in [3.8, 4) is 0 Å². The van der Waals surface area contributed by atoms with Gasteiger partial charge in [-0.25, -0.2) is 0 Å². The summed E-state index contributed by atoms with van der Waals surface area (Å²) in [6.07, 6.45) is 0.315. The van der Waals surface area contributed by atoms with Gasteiger partial charge in [-0.3, -0.25) is 4.79 Å². The number of hydrogen-bond acceptors (Lipinski definition) is 3. The predicted octanol–water partition coefficient (Wildman–Crippen LogP) is 0.889. The molecule has 0 aliphatic heterocycles. The van der Waals surface area contributed by atoms with Gasteiger partial charge in [-0.15, -0.1) is 0 Å². The zero-order valence-electron chi connectivity index (χ0n) is 10.2. The molecule has 5 heteroatoms. The zero-order chi connectivity index (χ0) is 13.3. The Kier molecular flexibility index (Phi) is 3.36. The molecular formula is C13H17N3O2. The fourth-order valence-corrected chi connectivity index (χ4v) is 2.13. The minimum Gasteiger partial charge on any atom is -0.480 e. The number of aryl methyl sites for hydroxylation is 1. The minimum atomic E-state index is -0.987. The average Bonchev–Trinajstić information content (AvgIpc) is 2.65. The molecule has 1 atom stereocenters. The monoisotopic (exact) mass is 247 g/mol. The van der Waals surface area contributed by atoms with E-state index in [0.29, 0.717) is 13.0 Å². The Morgan fingerprint density at radius 3 is 2.83 bits per heavy atom. The number of carboxylic acid groups (broad SMARTS) is 1. The summed E-state index contributed by atoms with van der Waals surface area (Å²) in [5.74, 6) is -0.987. The van der Waals surface area contributed by atoms with Crippen LogP contribution in [0.3, 0.4) is 0 Å². The summed E-state index contributed by atoms with van der Waals surface area (Å²) in [5.41, 5.74) is 15.1. The van der Waals surface area contributed by atoms with Gasteiger partial charge in [-0.05, 0) is 30.2 Å². The number of nitrogens with one attached hydrogen (secondary N) is 1. The van der Waals surface area contributed by atoms with Crippen LogP contribution in [0.1, 0.15) is 16.8 Å². The van der Waals surface area contributed by atoms with Gasteiger partial charge in [0.25, 0.3) is 0 Å². The van der Waals surface area contributed by atoms with E-state index in [2.05, 4.69) is 4.98 Å². The Bertz CT molecular complexity index is 589. The lowest BCUT2D eigenvalue weighted by molar-refractivity contribution is -0.138. The molecule has 0 fully saturated rings. The molecule has 2 aromatic rings. The van der Waals surface area contributed by atoms with Crippen molar-refractivity contribution in [2.24, 2.45) is 11.5 Å². The summed E-state index contributed by atoms with van der Waals surface area (Å²) in [6, 6.07) is 5.02. The summed E-state index contributed by atoms with van der Waals surface area (Å²) in [7, 11) is 0. The fourth-order valence-electron chi connectivity index (χ4n) is 2.13. The van der Waals surface area contributed by atoms with Crippen molar-refractivity contribution >= 4 is 16.9 Å². The van der Waals surface area contributed by atoms with Crippen molar-refractivity contribution in [3.05, 3.63) is 35.0 Å². The number of benzene rings is 1. The van der Waals surface area contributed by atoms with Gasteiger partial charge in [-0.1, -0.05) is 6.07 Å². The Morgan fingerprint density at radius 1 is 1.50 bits per heavy atom. The van der Waals surface area contributed by atoms with Crippen LogP contribution in [0.25, 0.3) is 10.9 Å². The van der Waals surface area contributed by atoms with E-state index < -0.39 is 12.0 Å². The Balaban J connectivity index is 2.48. The number of aliphatic carboxylic acids is 1. The van der Waals surface area contributed by atoms with E-state index in [9.17, 15) is 4.79 Å². The lowest BCUT2D eigenvalue weighted by atomic mass is 10.0. The summed E-state index contributed by atoms with van der Waals surface area (Å²) in [5, 5.41) is 9.90. The zero-order valence-corrected chi connectivity index (χ0v) is 10.2. The second kappa shape index (κ2) is 4.80. The molecule has 0 spiro atoms. The van der Waals surface area contributed by atoms with Crippen molar-refractivity contribution in [1.29, 1.82) is 0 Å². The standard InChI is InChI=1S/C13H17N3O2/c1-7-9(5-11(15)13(17)18)10-4-8(6-14)2-3-12(10)16-7/h2-4,11,16H,5-6,14-15H2,1H3,(H,17,18). The Morgan fingerprint density at radius 2 is 2.22 bits per heavy atom. The van der Waals surface area contributed by atoms with Gasteiger partial charge >= 0.3 is 5.97 Å². The molecule has 2 rings (SSSR count). The number of aromatic nitrogens is 1. The van der Waals surface area contributed by atoms with Crippen LogP contribution < -0.4 is 11.5 Å². The van der Waals surface area contributed by atoms with Crippen LogP contribution in [0.5, 0.6) is 0 Å². The highest BCUT2D eigenvalue weighted by molar-refractivity contribution is 5.86. The highest BCUT2D eigenvalue weighted by Crippen LogP contribution is 2.24. The molecule has 1 aromatic carbocycles. The predicted molar refractivity (Wildman–Crippen MR) is 70.2 cm³/mol. The second-order valence-electron chi connectivity index (χ2n) is 4.46. The molecule has 0 aliphatic carbocycles. The number of nitrogens with two attached hydrogens (primary N) is 2. The van der Waals surface area contributed by atoms with E-state index in [-0.39, 0.29) is 0 Å². The maximum atomic E-state index is 10.8. The Hall–Kier alpha value is -1.85. The van der Waals surface area contributed by atoms with Gasteiger partial charge in [0, 0.05) is 29.6 Å². The van der Waals surface area contributed by atoms with Crippen LogP contribution in [0.15, 0.2) is 18.2 Å². The first-order chi connectivity index (χ1) is 8.52. The van der Waals surface area contributed by atoms with Crippen LogP contribution >= 0.6 is 0 Å². The van der Waals surface area contributed by atoms with Gasteiger partial charge in [0.15, 0.2) is 0 Å². The molecule has 0 saturated heterocycles. The molecule has 96 valence electrons. The van der Waals surface area contributed by atoms with Crippen molar-refractivity contribution in [1.82, 2.24) is 4.98 Å². The molecule has 1 heterocycles. The van der Waals surface area contributed by atoms with Gasteiger partial charge in [0.05, 0.1) is 0 Å². The minimum absolute atomic E-state index is 0.315. The summed E-state index contributed by atoms with van der Waals surface area (Å²) < 4.78 is 0.